The van der Waals surface area contributed by atoms with Crippen molar-refractivity contribution in [2.45, 2.75) is 44.4 Å². The number of methoxy groups -OCH3 is 1. The maximum absolute atomic E-state index is 13.7. The average molecular weight is 639 g/mol. The van der Waals surface area contributed by atoms with Gasteiger partial charge in [-0.15, -0.1) is 0 Å². The molecule has 0 saturated carbocycles. The monoisotopic (exact) mass is 638 g/mol. The number of alkyl halides is 3. The number of carbonyl (C=O) groups is 3. The van der Waals surface area contributed by atoms with Gasteiger partial charge in [-0.2, -0.15) is 13.2 Å². The molecule has 230 valence electrons. The van der Waals surface area contributed by atoms with Gasteiger partial charge in [0.15, 0.2) is 0 Å². The van der Waals surface area contributed by atoms with Gasteiger partial charge in [-0.3, -0.25) is 14.4 Å². The molecule has 0 fully saturated rings. The highest BCUT2D eigenvalue weighted by Crippen LogP contribution is 2.24. The van der Waals surface area contributed by atoms with Gasteiger partial charge in [0, 0.05) is 16.5 Å². The van der Waals surface area contributed by atoms with Crippen molar-refractivity contribution in [1.82, 2.24) is 10.6 Å². The highest BCUT2D eigenvalue weighted by atomic mass is 35.5. The summed E-state index contributed by atoms with van der Waals surface area (Å²) in [5.74, 6) is -4.42. The lowest BCUT2D eigenvalue weighted by molar-refractivity contribution is -0.175. The van der Waals surface area contributed by atoms with Gasteiger partial charge < -0.3 is 20.1 Å². The van der Waals surface area contributed by atoms with E-state index in [0.717, 1.165) is 0 Å². The lowest BCUT2D eigenvalue weighted by Crippen LogP contribution is -2.56. The molecule has 2 amide bonds. The van der Waals surface area contributed by atoms with Crippen LogP contribution in [0.5, 0.6) is 11.5 Å². The number of ketones is 1. The number of hydrogen-bond acceptors (Lipinski definition) is 5. The van der Waals surface area contributed by atoms with Crippen molar-refractivity contribution in [2.24, 2.45) is 5.92 Å². The summed E-state index contributed by atoms with van der Waals surface area (Å²) in [6.45, 7) is 2.62. The lowest BCUT2D eigenvalue weighted by atomic mass is 9.96. The summed E-state index contributed by atoms with van der Waals surface area (Å²) in [7, 11) is 1.52. The molecule has 2 N–H and O–H groups in total. The van der Waals surface area contributed by atoms with Crippen molar-refractivity contribution in [3.8, 4) is 11.5 Å². The number of halogens is 5. The Morgan fingerprint density at radius 2 is 1.33 bits per heavy atom. The predicted molar refractivity (Wildman–Crippen MR) is 158 cm³/mol. The SMILES string of the molecule is COc1ccc(OC[C@@H](C(=O)N[C@@H](Cc2ccc(Cl)cc2)C(=O)N[C@H](C(=O)C(F)(F)F)C(C)C)c2ccc(Cl)cc2)cc1. The van der Waals surface area contributed by atoms with Gasteiger partial charge in [0.1, 0.15) is 24.1 Å². The Balaban J connectivity index is 1.90. The third-order valence-electron chi connectivity index (χ3n) is 6.58. The molecule has 0 radical (unpaired) electrons. The van der Waals surface area contributed by atoms with Crippen molar-refractivity contribution in [2.75, 3.05) is 13.7 Å². The maximum atomic E-state index is 13.7. The fraction of sp³-hybridized carbons (Fsp3) is 0.323. The smallest absolute Gasteiger partial charge is 0.452 e. The Hall–Kier alpha value is -3.76. The number of amides is 2. The molecule has 0 aliphatic heterocycles. The first-order chi connectivity index (χ1) is 20.3. The molecule has 0 aliphatic rings. The molecule has 43 heavy (non-hydrogen) atoms. The van der Waals surface area contributed by atoms with Crippen LogP contribution >= 0.6 is 23.2 Å². The van der Waals surface area contributed by atoms with Gasteiger partial charge in [-0.05, 0) is 65.6 Å². The van der Waals surface area contributed by atoms with Crippen LogP contribution in [0.3, 0.4) is 0 Å². The van der Waals surface area contributed by atoms with E-state index >= 15 is 0 Å². The Bertz CT molecular complexity index is 1380. The molecule has 0 bridgehead atoms. The third-order valence-corrected chi connectivity index (χ3v) is 7.08. The molecule has 3 aromatic rings. The van der Waals surface area contributed by atoms with Crippen LogP contribution in [-0.2, 0) is 20.8 Å². The van der Waals surface area contributed by atoms with Gasteiger partial charge in [-0.1, -0.05) is 61.3 Å². The Kier molecular flexibility index (Phi) is 11.9. The molecule has 0 saturated heterocycles. The van der Waals surface area contributed by atoms with E-state index in [2.05, 4.69) is 10.6 Å². The number of carbonyl (C=O) groups excluding carboxylic acids is 3. The molecular formula is C31H31Cl2F3N2O5. The maximum Gasteiger partial charge on any atom is 0.452 e. The highest BCUT2D eigenvalue weighted by Gasteiger charge is 2.45. The van der Waals surface area contributed by atoms with E-state index in [0.29, 0.717) is 32.7 Å². The first-order valence-electron chi connectivity index (χ1n) is 13.3. The summed E-state index contributed by atoms with van der Waals surface area (Å²) >= 11 is 12.0. The number of rotatable bonds is 13. The van der Waals surface area contributed by atoms with E-state index in [9.17, 15) is 27.6 Å². The average Bonchev–Trinajstić information content (AvgIpc) is 2.96. The van der Waals surface area contributed by atoms with Crippen LogP contribution < -0.4 is 20.1 Å². The topological polar surface area (TPSA) is 93.7 Å². The second kappa shape index (κ2) is 15.1. The summed E-state index contributed by atoms with van der Waals surface area (Å²) in [4.78, 5) is 39.2. The standard InChI is InChI=1S/C31H31Cl2F3N2O5/c1-18(2)27(28(39)31(34,35)36)38-30(41)26(16-19-4-8-21(32)9-5-19)37-29(40)25(20-6-10-22(33)11-7-20)17-43-24-14-12-23(42-3)13-15-24/h4-15,18,25-27H,16-17H2,1-3H3,(H,37,40)(H,38,41)/t25-,26+,27+/m1/s1. The Labute approximate surface area is 257 Å². The van der Waals surface area contributed by atoms with Crippen LogP contribution in [0.2, 0.25) is 10.0 Å². The van der Waals surface area contributed by atoms with Crippen molar-refractivity contribution in [1.29, 1.82) is 0 Å². The van der Waals surface area contributed by atoms with Crippen molar-refractivity contribution in [3.05, 3.63) is 94.0 Å². The first-order valence-corrected chi connectivity index (χ1v) is 14.0. The number of ether oxygens (including phenoxy) is 2. The van der Waals surface area contributed by atoms with Crippen molar-refractivity contribution in [3.63, 3.8) is 0 Å². The number of hydrogen-bond donors (Lipinski definition) is 2. The highest BCUT2D eigenvalue weighted by molar-refractivity contribution is 6.30. The van der Waals surface area contributed by atoms with E-state index in [1.807, 2.05) is 0 Å². The molecule has 0 aliphatic carbocycles. The quantitative estimate of drug-likeness (QED) is 0.234. The normalized spacial score (nSPS) is 13.5. The Morgan fingerprint density at radius 1 is 0.791 bits per heavy atom. The second-order valence-electron chi connectivity index (χ2n) is 10.1. The number of nitrogens with one attached hydrogen (secondary N) is 2. The molecule has 0 spiro atoms. The molecule has 3 aromatic carbocycles. The van der Waals surface area contributed by atoms with Crippen molar-refractivity contribution < 1.29 is 37.0 Å². The van der Waals surface area contributed by atoms with E-state index in [-0.39, 0.29) is 13.0 Å². The van der Waals surface area contributed by atoms with Crippen molar-refractivity contribution >= 4 is 40.8 Å². The minimum absolute atomic E-state index is 0.0908. The van der Waals surface area contributed by atoms with Gasteiger partial charge >= 0.3 is 6.18 Å². The van der Waals surface area contributed by atoms with Gasteiger partial charge in [0.25, 0.3) is 5.78 Å². The van der Waals surface area contributed by atoms with Crippen LogP contribution in [0.4, 0.5) is 13.2 Å². The van der Waals surface area contributed by atoms with Gasteiger partial charge in [-0.25, -0.2) is 0 Å². The largest absolute Gasteiger partial charge is 0.497 e. The fourth-order valence-electron chi connectivity index (χ4n) is 4.17. The zero-order chi connectivity index (χ0) is 31.7. The second-order valence-corrected chi connectivity index (χ2v) is 10.9. The molecule has 7 nitrogen and oxygen atoms in total. The lowest BCUT2D eigenvalue weighted by Gasteiger charge is -2.27. The molecule has 3 atom stereocenters. The van der Waals surface area contributed by atoms with Crippen LogP contribution in [0.25, 0.3) is 0 Å². The summed E-state index contributed by atoms with van der Waals surface area (Å²) in [6.07, 6.45) is -5.25. The molecule has 0 aromatic heterocycles. The molecule has 0 unspecified atom stereocenters. The predicted octanol–water partition coefficient (Wildman–Crippen LogP) is 6.16. The molecule has 3 rings (SSSR count). The van der Waals surface area contributed by atoms with Crippen LogP contribution in [0, 0.1) is 5.92 Å². The summed E-state index contributed by atoms with van der Waals surface area (Å²) in [5.41, 5.74) is 1.10. The van der Waals surface area contributed by atoms with E-state index in [1.54, 1.807) is 72.8 Å². The van der Waals surface area contributed by atoms with E-state index in [4.69, 9.17) is 32.7 Å². The van der Waals surface area contributed by atoms with Crippen LogP contribution in [-0.4, -0.2) is 49.6 Å². The molecular weight excluding hydrogens is 608 g/mol. The number of benzene rings is 3. The van der Waals surface area contributed by atoms with Gasteiger partial charge in [0.2, 0.25) is 11.8 Å². The minimum Gasteiger partial charge on any atom is -0.497 e. The first kappa shape index (κ1) is 33.7. The summed E-state index contributed by atoms with van der Waals surface area (Å²) < 4.78 is 50.9. The zero-order valence-electron chi connectivity index (χ0n) is 23.6. The van der Waals surface area contributed by atoms with E-state index in [1.165, 1.54) is 21.0 Å². The van der Waals surface area contributed by atoms with Crippen LogP contribution in [0.15, 0.2) is 72.8 Å². The van der Waals surface area contributed by atoms with Gasteiger partial charge in [0.05, 0.1) is 19.1 Å². The summed E-state index contributed by atoms with van der Waals surface area (Å²) in [5, 5.41) is 5.74. The third kappa shape index (κ3) is 9.90. The van der Waals surface area contributed by atoms with Crippen LogP contribution in [0.1, 0.15) is 30.9 Å². The minimum atomic E-state index is -5.16. The Morgan fingerprint density at radius 3 is 1.84 bits per heavy atom. The number of Topliss-reactive ketones (excluding diaryl/α,β-unsaturated/α-hetero) is 1. The molecule has 12 heteroatoms. The fourth-order valence-corrected chi connectivity index (χ4v) is 4.42. The summed E-state index contributed by atoms with van der Waals surface area (Å²) in [6, 6.07) is 16.4. The molecule has 0 heterocycles. The van der Waals surface area contributed by atoms with E-state index < -0.39 is 47.7 Å². The zero-order valence-corrected chi connectivity index (χ0v) is 25.1.